The minimum absolute atomic E-state index is 0.347. The molecule has 2 aliphatic rings. The van der Waals surface area contributed by atoms with E-state index in [0.717, 1.165) is 27.0 Å². The van der Waals surface area contributed by atoms with Gasteiger partial charge in [0, 0.05) is 29.4 Å². The van der Waals surface area contributed by atoms with Crippen LogP contribution in [0.25, 0.3) is 21.3 Å². The molecule has 0 amide bonds. The van der Waals surface area contributed by atoms with Crippen molar-refractivity contribution in [2.45, 2.75) is 46.1 Å². The predicted octanol–water partition coefficient (Wildman–Crippen LogP) is 5.38. The third kappa shape index (κ3) is 2.22. The first kappa shape index (κ1) is 16.2. The van der Waals surface area contributed by atoms with Gasteiger partial charge >= 0.3 is 0 Å². The average molecular weight is 365 g/mol. The topological polar surface area (TPSA) is 50.7 Å². The van der Waals surface area contributed by atoms with Crippen LogP contribution < -0.4 is 5.32 Å². The van der Waals surface area contributed by atoms with E-state index in [1.807, 2.05) is 18.5 Å². The number of anilines is 1. The number of aromatic nitrogens is 3. The zero-order chi connectivity index (χ0) is 17.9. The number of nitrogens with zero attached hydrogens (tertiary/aromatic N) is 3. The highest BCUT2D eigenvalue weighted by Gasteiger charge is 2.61. The van der Waals surface area contributed by atoms with Gasteiger partial charge in [0.2, 0.25) is 5.13 Å². The summed E-state index contributed by atoms with van der Waals surface area (Å²) in [6, 6.07) is 8.92. The van der Waals surface area contributed by atoms with Crippen molar-refractivity contribution in [2.75, 3.05) is 5.32 Å². The summed E-state index contributed by atoms with van der Waals surface area (Å²) in [4.78, 5) is 4.18. The Balaban J connectivity index is 1.40. The molecule has 0 radical (unpaired) electrons. The van der Waals surface area contributed by atoms with Crippen molar-refractivity contribution in [3.05, 3.63) is 36.7 Å². The van der Waals surface area contributed by atoms with Crippen molar-refractivity contribution in [1.82, 2.24) is 15.2 Å². The number of pyridine rings is 1. The Hall–Kier alpha value is -2.01. The third-order valence-corrected chi connectivity index (χ3v) is 8.31. The fraction of sp³-hybridized carbons (Fsp3) is 0.476. The molecule has 2 unspecified atom stereocenters. The molecule has 0 aliphatic heterocycles. The molecule has 2 bridgehead atoms. The Bertz CT molecular complexity index is 979. The second-order valence-corrected chi connectivity index (χ2v) is 9.63. The maximum Gasteiger partial charge on any atom is 0.206 e. The highest BCUT2D eigenvalue weighted by molar-refractivity contribution is 7.18. The van der Waals surface area contributed by atoms with E-state index >= 15 is 0 Å². The molecule has 5 heteroatoms. The first-order chi connectivity index (χ1) is 12.5. The quantitative estimate of drug-likeness (QED) is 0.678. The normalized spacial score (nSPS) is 29.3. The maximum atomic E-state index is 4.45. The van der Waals surface area contributed by atoms with Gasteiger partial charge in [-0.3, -0.25) is 4.98 Å². The molecule has 26 heavy (non-hydrogen) atoms. The van der Waals surface area contributed by atoms with Gasteiger partial charge in [0.1, 0.15) is 5.01 Å². The lowest BCUT2D eigenvalue weighted by Gasteiger charge is -2.39. The van der Waals surface area contributed by atoms with Gasteiger partial charge in [0.25, 0.3) is 0 Å². The Morgan fingerprint density at radius 1 is 1.12 bits per heavy atom. The van der Waals surface area contributed by atoms with Crippen LogP contribution in [0.15, 0.2) is 36.7 Å². The molecular formula is C21H24N4S. The van der Waals surface area contributed by atoms with Gasteiger partial charge in [-0.05, 0) is 53.5 Å². The van der Waals surface area contributed by atoms with Crippen LogP contribution in [0.2, 0.25) is 0 Å². The number of fused-ring (bicyclic) bond motifs is 3. The molecule has 5 rings (SSSR count). The van der Waals surface area contributed by atoms with Gasteiger partial charge in [-0.2, -0.15) is 0 Å². The number of hydrogen-bond acceptors (Lipinski definition) is 5. The molecular weight excluding hydrogens is 340 g/mol. The zero-order valence-electron chi connectivity index (χ0n) is 15.5. The van der Waals surface area contributed by atoms with Crippen LogP contribution in [0.1, 0.15) is 40.0 Å². The lowest BCUT2D eigenvalue weighted by molar-refractivity contribution is 0.142. The fourth-order valence-corrected chi connectivity index (χ4v) is 5.98. The average Bonchev–Trinajstić information content (AvgIpc) is 3.24. The summed E-state index contributed by atoms with van der Waals surface area (Å²) in [7, 11) is 0. The van der Waals surface area contributed by atoms with Crippen LogP contribution in [0.3, 0.4) is 0 Å². The van der Waals surface area contributed by atoms with Crippen LogP contribution in [0.4, 0.5) is 5.13 Å². The zero-order valence-corrected chi connectivity index (χ0v) is 16.3. The monoisotopic (exact) mass is 364 g/mol. The predicted molar refractivity (Wildman–Crippen MR) is 107 cm³/mol. The number of nitrogens with one attached hydrogen (secondary N) is 1. The summed E-state index contributed by atoms with van der Waals surface area (Å²) in [5.74, 6) is 0.825. The Morgan fingerprint density at radius 3 is 2.77 bits per heavy atom. The number of benzene rings is 1. The van der Waals surface area contributed by atoms with Crippen molar-refractivity contribution >= 4 is 27.2 Å². The fourth-order valence-electron chi connectivity index (χ4n) is 5.19. The maximum absolute atomic E-state index is 4.45. The van der Waals surface area contributed by atoms with Crippen LogP contribution in [-0.2, 0) is 0 Å². The van der Waals surface area contributed by atoms with E-state index in [2.05, 4.69) is 59.5 Å². The molecule has 3 aromatic rings. The van der Waals surface area contributed by atoms with E-state index < -0.39 is 0 Å². The Kier molecular flexibility index (Phi) is 3.42. The van der Waals surface area contributed by atoms with Crippen molar-refractivity contribution in [3.63, 3.8) is 0 Å². The highest BCUT2D eigenvalue weighted by Crippen LogP contribution is 2.65. The highest BCUT2D eigenvalue weighted by atomic mass is 32.1. The second-order valence-electron chi connectivity index (χ2n) is 8.66. The van der Waals surface area contributed by atoms with E-state index in [1.165, 1.54) is 24.6 Å². The molecule has 2 aromatic heterocycles. The van der Waals surface area contributed by atoms with E-state index in [0.29, 0.717) is 16.9 Å². The summed E-state index contributed by atoms with van der Waals surface area (Å²) in [6.45, 7) is 7.35. The summed E-state index contributed by atoms with van der Waals surface area (Å²) in [5.41, 5.74) is 1.87. The molecule has 0 spiro atoms. The third-order valence-electron chi connectivity index (χ3n) is 7.40. The van der Waals surface area contributed by atoms with E-state index in [9.17, 15) is 0 Å². The van der Waals surface area contributed by atoms with Gasteiger partial charge in [-0.15, -0.1) is 10.2 Å². The summed E-state index contributed by atoms with van der Waals surface area (Å²) < 4.78 is 0. The Morgan fingerprint density at radius 2 is 2.00 bits per heavy atom. The van der Waals surface area contributed by atoms with Crippen molar-refractivity contribution < 1.29 is 0 Å². The molecule has 0 saturated heterocycles. The van der Waals surface area contributed by atoms with Crippen molar-refractivity contribution in [3.8, 4) is 10.6 Å². The smallest absolute Gasteiger partial charge is 0.206 e. The number of rotatable bonds is 3. The van der Waals surface area contributed by atoms with Crippen LogP contribution in [0.5, 0.6) is 0 Å². The summed E-state index contributed by atoms with van der Waals surface area (Å²) in [6.07, 6.45) is 7.66. The Labute approximate surface area is 158 Å². The number of hydrogen-bond donors (Lipinski definition) is 1. The molecule has 1 aromatic carbocycles. The summed E-state index contributed by atoms with van der Waals surface area (Å²) >= 11 is 1.66. The molecule has 4 nitrogen and oxygen atoms in total. The molecule has 3 atom stereocenters. The lowest BCUT2D eigenvalue weighted by atomic mass is 9.69. The largest absolute Gasteiger partial charge is 0.357 e. The summed E-state index contributed by atoms with van der Waals surface area (Å²) in [5, 5.41) is 16.9. The second kappa shape index (κ2) is 5.49. The molecule has 2 aliphatic carbocycles. The molecule has 2 heterocycles. The standard InChI is InChI=1S/C21H24N4S/c1-20(2)16-6-8-21(20,3)17(11-16)23-19-25-24-18(26-19)14-4-5-15-12-22-9-7-13(15)10-14/h4-5,7,9-10,12,16-17H,6,8,11H2,1-3H3,(H,23,25)/t16?,17?,21-/m1/s1. The van der Waals surface area contributed by atoms with Crippen LogP contribution >= 0.6 is 11.3 Å². The molecule has 1 N–H and O–H groups in total. The van der Waals surface area contributed by atoms with E-state index in [4.69, 9.17) is 0 Å². The van der Waals surface area contributed by atoms with Gasteiger partial charge < -0.3 is 5.32 Å². The SMILES string of the molecule is CC1(C)C2CC[C@]1(C)C(Nc1nnc(-c3ccc4cnccc4c3)s1)C2. The molecule has 134 valence electrons. The van der Waals surface area contributed by atoms with Gasteiger partial charge in [-0.25, -0.2) is 0 Å². The van der Waals surface area contributed by atoms with E-state index in [1.54, 1.807) is 11.3 Å². The van der Waals surface area contributed by atoms with E-state index in [-0.39, 0.29) is 0 Å². The van der Waals surface area contributed by atoms with Crippen LogP contribution in [0, 0.1) is 16.7 Å². The minimum atomic E-state index is 0.347. The lowest BCUT2D eigenvalue weighted by Crippen LogP contribution is -2.40. The van der Waals surface area contributed by atoms with Gasteiger partial charge in [-0.1, -0.05) is 44.2 Å². The van der Waals surface area contributed by atoms with Crippen molar-refractivity contribution in [1.29, 1.82) is 0 Å². The van der Waals surface area contributed by atoms with Crippen molar-refractivity contribution in [2.24, 2.45) is 16.7 Å². The van der Waals surface area contributed by atoms with Crippen LogP contribution in [-0.4, -0.2) is 21.2 Å². The molecule has 2 fully saturated rings. The van der Waals surface area contributed by atoms with Gasteiger partial charge in [0.15, 0.2) is 0 Å². The first-order valence-corrected chi connectivity index (χ1v) is 10.2. The molecule has 2 saturated carbocycles. The minimum Gasteiger partial charge on any atom is -0.357 e. The van der Waals surface area contributed by atoms with Gasteiger partial charge in [0.05, 0.1) is 0 Å². The first-order valence-electron chi connectivity index (χ1n) is 9.41.